The Morgan fingerprint density at radius 1 is 1.90 bits per heavy atom. The summed E-state index contributed by atoms with van der Waals surface area (Å²) >= 11 is 1.15. The second-order valence-corrected chi connectivity index (χ2v) is 2.37. The van der Waals surface area contributed by atoms with Gasteiger partial charge in [0.05, 0.1) is 0 Å². The summed E-state index contributed by atoms with van der Waals surface area (Å²) in [4.78, 5) is 13.6. The van der Waals surface area contributed by atoms with Crippen molar-refractivity contribution in [2.75, 3.05) is 11.1 Å². The van der Waals surface area contributed by atoms with Crippen molar-refractivity contribution in [2.45, 2.75) is 0 Å². The van der Waals surface area contributed by atoms with Crippen LogP contribution in [0.3, 0.4) is 0 Å². The number of nitrogens with one attached hydrogen (secondary N) is 1. The summed E-state index contributed by atoms with van der Waals surface area (Å²) in [5.74, 6) is 0.328. The Morgan fingerprint density at radius 2 is 2.60 bits per heavy atom. The molecule has 0 atom stereocenters. The van der Waals surface area contributed by atoms with Crippen LogP contribution < -0.4 is 11.1 Å². The molecule has 0 saturated heterocycles. The molecular weight excluding hydrogens is 154 g/mol. The number of anilines is 2. The van der Waals surface area contributed by atoms with E-state index in [0.29, 0.717) is 10.9 Å². The minimum atomic E-state index is -1.13. The second-order valence-electron chi connectivity index (χ2n) is 1.51. The van der Waals surface area contributed by atoms with Crippen LogP contribution in [0.25, 0.3) is 0 Å². The number of thiazole rings is 1. The fraction of sp³-hybridized carbons (Fsp3) is 0. The summed E-state index contributed by atoms with van der Waals surface area (Å²) in [5, 5.41) is 12.1. The maximum atomic E-state index is 9.99. The van der Waals surface area contributed by atoms with Crippen molar-refractivity contribution in [1.82, 2.24) is 4.98 Å². The summed E-state index contributed by atoms with van der Waals surface area (Å²) in [6.07, 6.45) is -1.13. The third-order valence-corrected chi connectivity index (χ3v) is 1.51. The zero-order chi connectivity index (χ0) is 7.56. The van der Waals surface area contributed by atoms with Crippen LogP contribution in [-0.2, 0) is 0 Å². The average molecular weight is 159 g/mol. The molecule has 0 aliphatic rings. The van der Waals surface area contributed by atoms with Gasteiger partial charge in [-0.1, -0.05) is 0 Å². The molecule has 5 nitrogen and oxygen atoms in total. The number of hydrogen-bond acceptors (Lipinski definition) is 4. The summed E-state index contributed by atoms with van der Waals surface area (Å²) in [6.45, 7) is 0. The zero-order valence-electron chi connectivity index (χ0n) is 4.87. The van der Waals surface area contributed by atoms with Gasteiger partial charge in [-0.25, -0.2) is 9.78 Å². The van der Waals surface area contributed by atoms with E-state index in [4.69, 9.17) is 10.8 Å². The molecule has 0 bridgehead atoms. The molecule has 10 heavy (non-hydrogen) atoms. The fourth-order valence-electron chi connectivity index (χ4n) is 0.435. The topological polar surface area (TPSA) is 88.2 Å². The highest BCUT2D eigenvalue weighted by molar-refractivity contribution is 7.14. The lowest BCUT2D eigenvalue weighted by molar-refractivity contribution is 0.210. The molecular formula is C4H5N3O2S. The Labute approximate surface area is 60.5 Å². The van der Waals surface area contributed by atoms with Crippen LogP contribution in [0.2, 0.25) is 0 Å². The molecule has 0 spiro atoms. The van der Waals surface area contributed by atoms with Crippen LogP contribution in [0.15, 0.2) is 5.38 Å². The largest absolute Gasteiger partial charge is 0.465 e. The van der Waals surface area contributed by atoms with E-state index in [0.717, 1.165) is 11.3 Å². The van der Waals surface area contributed by atoms with Gasteiger partial charge in [0.15, 0.2) is 5.13 Å². The van der Waals surface area contributed by atoms with E-state index in [9.17, 15) is 4.79 Å². The van der Waals surface area contributed by atoms with Crippen molar-refractivity contribution in [3.63, 3.8) is 0 Å². The maximum Gasteiger partial charge on any atom is 0.410 e. The molecule has 4 N–H and O–H groups in total. The molecule has 54 valence electrons. The van der Waals surface area contributed by atoms with Crippen molar-refractivity contribution in [3.05, 3.63) is 5.38 Å². The Bertz CT molecular complexity index is 246. The lowest BCUT2D eigenvalue weighted by atomic mass is 10.8. The molecule has 0 aliphatic carbocycles. The third-order valence-electron chi connectivity index (χ3n) is 0.736. The summed E-state index contributed by atoms with van der Waals surface area (Å²) in [6, 6.07) is 0. The van der Waals surface area contributed by atoms with Gasteiger partial charge in [0.1, 0.15) is 5.82 Å². The highest BCUT2D eigenvalue weighted by atomic mass is 32.1. The number of aromatic nitrogens is 1. The first-order chi connectivity index (χ1) is 4.68. The summed E-state index contributed by atoms with van der Waals surface area (Å²) < 4.78 is 0. The number of carbonyl (C=O) groups is 1. The van der Waals surface area contributed by atoms with Crippen molar-refractivity contribution in [1.29, 1.82) is 0 Å². The van der Waals surface area contributed by atoms with E-state index in [1.165, 1.54) is 0 Å². The first kappa shape index (κ1) is 6.81. The molecule has 1 amide bonds. The third kappa shape index (κ3) is 1.59. The maximum absolute atomic E-state index is 9.99. The van der Waals surface area contributed by atoms with Gasteiger partial charge in [-0.15, -0.1) is 11.3 Å². The standard InChI is InChI=1S/C4H5N3O2S/c5-2-1-10-3(6-2)7-4(8)9/h1H,5H2,(H,6,7)(H,8,9). The van der Waals surface area contributed by atoms with Gasteiger partial charge in [-0.2, -0.15) is 0 Å². The van der Waals surface area contributed by atoms with Crippen molar-refractivity contribution in [3.8, 4) is 0 Å². The van der Waals surface area contributed by atoms with Gasteiger partial charge in [-0.3, -0.25) is 5.32 Å². The Balaban J connectivity index is 2.67. The highest BCUT2D eigenvalue weighted by Crippen LogP contribution is 2.15. The lowest BCUT2D eigenvalue weighted by Crippen LogP contribution is -2.06. The number of hydrogen-bond donors (Lipinski definition) is 3. The van der Waals surface area contributed by atoms with E-state index < -0.39 is 6.09 Å². The average Bonchev–Trinajstić information content (AvgIpc) is 2.13. The SMILES string of the molecule is Nc1csc(NC(=O)O)n1. The molecule has 0 saturated carbocycles. The first-order valence-electron chi connectivity index (χ1n) is 2.39. The predicted octanol–water partition coefficient (Wildman–Crippen LogP) is 0.815. The summed E-state index contributed by atoms with van der Waals surface area (Å²) in [7, 11) is 0. The van der Waals surface area contributed by atoms with Gasteiger partial charge in [0.25, 0.3) is 0 Å². The second kappa shape index (κ2) is 2.53. The molecule has 0 aromatic carbocycles. The smallest absolute Gasteiger partial charge is 0.410 e. The van der Waals surface area contributed by atoms with Crippen LogP contribution in [0.4, 0.5) is 15.7 Å². The van der Waals surface area contributed by atoms with Crippen molar-refractivity contribution < 1.29 is 9.90 Å². The van der Waals surface area contributed by atoms with Gasteiger partial charge < -0.3 is 10.8 Å². The number of carboxylic acid groups (broad SMARTS) is 1. The van der Waals surface area contributed by atoms with Crippen molar-refractivity contribution >= 4 is 28.4 Å². The quantitative estimate of drug-likeness (QED) is 0.565. The van der Waals surface area contributed by atoms with Crippen LogP contribution >= 0.6 is 11.3 Å². The molecule has 0 aliphatic heterocycles. The van der Waals surface area contributed by atoms with Crippen LogP contribution in [0.5, 0.6) is 0 Å². The van der Waals surface area contributed by atoms with Crippen LogP contribution in [0, 0.1) is 0 Å². The van der Waals surface area contributed by atoms with E-state index in [1.807, 2.05) is 0 Å². The number of rotatable bonds is 1. The van der Waals surface area contributed by atoms with Gasteiger partial charge in [0.2, 0.25) is 0 Å². The Morgan fingerprint density at radius 3 is 3.00 bits per heavy atom. The number of amides is 1. The monoisotopic (exact) mass is 159 g/mol. The zero-order valence-corrected chi connectivity index (χ0v) is 5.68. The summed E-state index contributed by atoms with van der Waals surface area (Å²) in [5.41, 5.74) is 5.22. The van der Waals surface area contributed by atoms with E-state index in [2.05, 4.69) is 10.3 Å². The van der Waals surface area contributed by atoms with Crippen LogP contribution in [0.1, 0.15) is 0 Å². The van der Waals surface area contributed by atoms with Gasteiger partial charge in [0, 0.05) is 5.38 Å². The molecule has 0 fully saturated rings. The Kier molecular flexibility index (Phi) is 1.72. The predicted molar refractivity (Wildman–Crippen MR) is 38.2 cm³/mol. The van der Waals surface area contributed by atoms with E-state index >= 15 is 0 Å². The highest BCUT2D eigenvalue weighted by Gasteiger charge is 2.00. The normalized spacial score (nSPS) is 9.20. The molecule has 0 unspecified atom stereocenters. The molecule has 1 heterocycles. The minimum absolute atomic E-state index is 0.296. The van der Waals surface area contributed by atoms with Gasteiger partial charge in [-0.05, 0) is 0 Å². The Hall–Kier alpha value is -1.30. The molecule has 1 aromatic heterocycles. The molecule has 0 radical (unpaired) electrons. The first-order valence-corrected chi connectivity index (χ1v) is 3.27. The van der Waals surface area contributed by atoms with Crippen molar-refractivity contribution in [2.24, 2.45) is 0 Å². The van der Waals surface area contributed by atoms with Gasteiger partial charge >= 0.3 is 6.09 Å². The number of nitrogens with two attached hydrogens (primary N) is 1. The minimum Gasteiger partial charge on any atom is -0.465 e. The van der Waals surface area contributed by atoms with E-state index in [-0.39, 0.29) is 0 Å². The van der Waals surface area contributed by atoms with E-state index in [1.54, 1.807) is 5.38 Å². The fourth-order valence-corrected chi connectivity index (χ4v) is 1.02. The number of nitrogens with zero attached hydrogens (tertiary/aromatic N) is 1. The molecule has 6 heteroatoms. The molecule has 1 aromatic rings. The number of nitrogen functional groups attached to an aromatic ring is 1. The van der Waals surface area contributed by atoms with Crippen LogP contribution in [-0.4, -0.2) is 16.2 Å². The lowest BCUT2D eigenvalue weighted by Gasteiger charge is -1.89. The molecule has 1 rings (SSSR count).